The number of rotatable bonds is 7. The lowest BCUT2D eigenvalue weighted by molar-refractivity contribution is 0.637. The third-order valence-corrected chi connectivity index (χ3v) is 4.79. The Hall–Kier alpha value is -1.26. The van der Waals surface area contributed by atoms with E-state index in [0.717, 1.165) is 18.1 Å². The number of nitrogens with zero attached hydrogens (tertiary/aromatic N) is 4. The van der Waals surface area contributed by atoms with Crippen LogP contribution in [0.3, 0.4) is 0 Å². The summed E-state index contributed by atoms with van der Waals surface area (Å²) in [6.45, 7) is 7.58. The van der Waals surface area contributed by atoms with E-state index in [1.165, 1.54) is 11.3 Å². The summed E-state index contributed by atoms with van der Waals surface area (Å²) in [5, 5.41) is 15.4. The molecule has 7 nitrogen and oxygen atoms in total. The number of aromatic nitrogens is 3. The fourth-order valence-corrected chi connectivity index (χ4v) is 3.25. The second kappa shape index (κ2) is 11.7. The first-order chi connectivity index (χ1) is 12.8. The summed E-state index contributed by atoms with van der Waals surface area (Å²) in [4.78, 5) is 8.45. The summed E-state index contributed by atoms with van der Waals surface area (Å²) >= 11 is 11.9. The van der Waals surface area contributed by atoms with Crippen molar-refractivity contribution < 1.29 is 0 Å². The molecule has 28 heavy (non-hydrogen) atoms. The molecule has 0 aliphatic heterocycles. The Labute approximate surface area is 193 Å². The van der Waals surface area contributed by atoms with Gasteiger partial charge in [0.1, 0.15) is 5.82 Å². The van der Waals surface area contributed by atoms with E-state index < -0.39 is 0 Å². The van der Waals surface area contributed by atoms with Crippen LogP contribution in [0.4, 0.5) is 5.82 Å². The van der Waals surface area contributed by atoms with Crippen molar-refractivity contribution in [2.24, 2.45) is 12.0 Å². The first kappa shape index (κ1) is 24.8. The Kier molecular flexibility index (Phi) is 10.3. The van der Waals surface area contributed by atoms with E-state index in [4.69, 9.17) is 23.2 Å². The van der Waals surface area contributed by atoms with Crippen LogP contribution in [-0.2, 0) is 13.5 Å². The van der Waals surface area contributed by atoms with Gasteiger partial charge in [0, 0.05) is 45.1 Å². The minimum absolute atomic E-state index is 0. The fraction of sp³-hybridized carbons (Fsp3) is 0.500. The maximum Gasteiger partial charge on any atom is 0.191 e. The Balaban J connectivity index is 0.00000392. The minimum atomic E-state index is 0. The maximum absolute atomic E-state index is 6.10. The number of nitrogens with one attached hydrogen (secondary N) is 3. The predicted molar refractivity (Wildman–Crippen MR) is 129 cm³/mol. The smallest absolute Gasteiger partial charge is 0.191 e. The summed E-state index contributed by atoms with van der Waals surface area (Å²) in [7, 11) is 3.73. The zero-order chi connectivity index (χ0) is 20.0. The first-order valence-corrected chi connectivity index (χ1v) is 9.58. The molecule has 0 saturated carbocycles. The molecule has 3 N–H and O–H groups in total. The number of halogens is 3. The van der Waals surface area contributed by atoms with Crippen LogP contribution in [0.5, 0.6) is 0 Å². The molecule has 0 amide bonds. The van der Waals surface area contributed by atoms with E-state index in [1.807, 2.05) is 18.7 Å². The Morgan fingerprint density at radius 1 is 1.29 bits per heavy atom. The number of anilines is 1. The fourth-order valence-electron chi connectivity index (χ4n) is 2.80. The lowest BCUT2D eigenvalue weighted by Gasteiger charge is -2.18. The molecule has 1 unspecified atom stereocenters. The topological polar surface area (TPSA) is 79.2 Å². The van der Waals surface area contributed by atoms with Crippen molar-refractivity contribution in [1.29, 1.82) is 0 Å². The highest BCUT2D eigenvalue weighted by atomic mass is 127. The van der Waals surface area contributed by atoms with Gasteiger partial charge in [-0.3, -0.25) is 9.67 Å². The monoisotopic (exact) mass is 539 g/mol. The average Bonchev–Trinajstić information content (AvgIpc) is 2.85. The molecule has 1 atom stereocenters. The molecule has 0 bridgehead atoms. The standard InChI is InChI=1S/C18H27Cl2N7.HI/c1-11(8-15-12(2)26-27(5)13(15)3)25-18(21-4)23-7-6-22-17-16(20)9-14(19)10-24-17;/h9-11H,6-8H2,1-5H3,(H,22,24)(H2,21,23,25);1H. The van der Waals surface area contributed by atoms with E-state index in [9.17, 15) is 0 Å². The van der Waals surface area contributed by atoms with Crippen LogP contribution in [0, 0.1) is 13.8 Å². The molecular formula is C18H28Cl2IN7. The van der Waals surface area contributed by atoms with Crippen molar-refractivity contribution in [1.82, 2.24) is 25.4 Å². The second-order valence-electron chi connectivity index (χ2n) is 6.43. The lowest BCUT2D eigenvalue weighted by atomic mass is 10.1. The van der Waals surface area contributed by atoms with E-state index in [0.29, 0.717) is 29.0 Å². The summed E-state index contributed by atoms with van der Waals surface area (Å²) in [5.74, 6) is 1.36. The molecule has 2 aromatic rings. The van der Waals surface area contributed by atoms with E-state index in [2.05, 4.69) is 44.9 Å². The lowest BCUT2D eigenvalue weighted by Crippen LogP contribution is -2.44. The average molecular weight is 540 g/mol. The number of pyridine rings is 1. The molecule has 10 heteroatoms. The van der Waals surface area contributed by atoms with E-state index in [1.54, 1.807) is 19.3 Å². The second-order valence-corrected chi connectivity index (χ2v) is 7.28. The van der Waals surface area contributed by atoms with Crippen molar-refractivity contribution in [2.45, 2.75) is 33.2 Å². The van der Waals surface area contributed by atoms with Gasteiger partial charge in [0.15, 0.2) is 5.96 Å². The van der Waals surface area contributed by atoms with Gasteiger partial charge in [-0.1, -0.05) is 23.2 Å². The predicted octanol–water partition coefficient (Wildman–Crippen LogP) is 3.56. The highest BCUT2D eigenvalue weighted by Gasteiger charge is 2.14. The molecule has 0 saturated heterocycles. The van der Waals surface area contributed by atoms with Crippen molar-refractivity contribution in [3.8, 4) is 0 Å². The van der Waals surface area contributed by atoms with E-state index in [-0.39, 0.29) is 30.0 Å². The maximum atomic E-state index is 6.10. The van der Waals surface area contributed by atoms with Gasteiger partial charge in [-0.05, 0) is 38.8 Å². The zero-order valence-electron chi connectivity index (χ0n) is 16.8. The summed E-state index contributed by atoms with van der Waals surface area (Å²) in [6.07, 6.45) is 2.45. The molecule has 0 spiro atoms. The number of aryl methyl sites for hydroxylation is 2. The Bertz CT molecular complexity index is 807. The molecule has 0 radical (unpaired) electrons. The van der Waals surface area contributed by atoms with Gasteiger partial charge in [-0.25, -0.2) is 4.98 Å². The van der Waals surface area contributed by atoms with Crippen molar-refractivity contribution >= 4 is 59.0 Å². The Morgan fingerprint density at radius 2 is 2.00 bits per heavy atom. The van der Waals surface area contributed by atoms with Crippen LogP contribution in [0.1, 0.15) is 23.9 Å². The van der Waals surface area contributed by atoms with Crippen LogP contribution in [-0.4, -0.2) is 46.9 Å². The van der Waals surface area contributed by atoms with Gasteiger partial charge < -0.3 is 16.0 Å². The first-order valence-electron chi connectivity index (χ1n) is 8.83. The number of guanidine groups is 1. The Morgan fingerprint density at radius 3 is 2.57 bits per heavy atom. The van der Waals surface area contributed by atoms with Gasteiger partial charge in [0.2, 0.25) is 0 Å². The van der Waals surface area contributed by atoms with Gasteiger partial charge in [0.25, 0.3) is 0 Å². The molecule has 2 aromatic heterocycles. The van der Waals surface area contributed by atoms with Crippen LogP contribution in [0.2, 0.25) is 10.0 Å². The molecule has 0 aliphatic carbocycles. The van der Waals surface area contributed by atoms with Gasteiger partial charge in [-0.2, -0.15) is 5.10 Å². The van der Waals surface area contributed by atoms with Gasteiger partial charge in [0.05, 0.1) is 15.7 Å². The SMILES string of the molecule is CN=C(NCCNc1ncc(Cl)cc1Cl)NC(C)Cc1c(C)nn(C)c1C.I. The number of hydrogen-bond donors (Lipinski definition) is 3. The third kappa shape index (κ3) is 6.97. The molecule has 156 valence electrons. The van der Waals surface area contributed by atoms with Crippen LogP contribution in [0.15, 0.2) is 17.3 Å². The van der Waals surface area contributed by atoms with Crippen molar-refractivity contribution in [3.05, 3.63) is 39.3 Å². The quantitative estimate of drug-likeness (QED) is 0.217. The molecule has 0 fully saturated rings. The van der Waals surface area contributed by atoms with Crippen LogP contribution in [0.25, 0.3) is 0 Å². The highest BCUT2D eigenvalue weighted by Crippen LogP contribution is 2.22. The number of hydrogen-bond acceptors (Lipinski definition) is 4. The van der Waals surface area contributed by atoms with Gasteiger partial charge >= 0.3 is 0 Å². The zero-order valence-corrected chi connectivity index (χ0v) is 20.6. The highest BCUT2D eigenvalue weighted by molar-refractivity contribution is 14.0. The molecule has 0 aliphatic rings. The molecule has 2 heterocycles. The summed E-state index contributed by atoms with van der Waals surface area (Å²) in [6, 6.07) is 1.88. The number of aliphatic imine (C=N–C) groups is 1. The third-order valence-electron chi connectivity index (χ3n) is 4.29. The van der Waals surface area contributed by atoms with Crippen LogP contribution >= 0.6 is 47.2 Å². The van der Waals surface area contributed by atoms with E-state index >= 15 is 0 Å². The van der Waals surface area contributed by atoms with Crippen molar-refractivity contribution in [2.75, 3.05) is 25.5 Å². The van der Waals surface area contributed by atoms with Crippen molar-refractivity contribution in [3.63, 3.8) is 0 Å². The summed E-state index contributed by atoms with van der Waals surface area (Å²) < 4.78 is 1.92. The largest absolute Gasteiger partial charge is 0.367 e. The normalized spacial score (nSPS) is 12.3. The van der Waals surface area contributed by atoms with Crippen LogP contribution < -0.4 is 16.0 Å². The molecule has 2 rings (SSSR count). The van der Waals surface area contributed by atoms with Gasteiger partial charge in [-0.15, -0.1) is 24.0 Å². The summed E-state index contributed by atoms with van der Waals surface area (Å²) in [5.41, 5.74) is 3.54. The minimum Gasteiger partial charge on any atom is -0.367 e. The molecular weight excluding hydrogens is 512 g/mol. The molecule has 0 aromatic carbocycles.